The smallest absolute Gasteiger partial charge is 0.136 e. The van der Waals surface area contributed by atoms with E-state index in [0.717, 1.165) is 83.9 Å². The molecule has 1 aromatic heterocycles. The van der Waals surface area contributed by atoms with E-state index in [-0.39, 0.29) is 0 Å². The molecule has 12 aromatic rings. The Bertz CT molecular complexity index is 3970. The second kappa shape index (κ2) is 16.0. The molecule has 0 unspecified atom stereocenters. The largest absolute Gasteiger partial charge is 0.457 e. The number of rotatable bonds is 7. The highest BCUT2D eigenvalue weighted by molar-refractivity contribution is 6.12. The number of nitrogens with zero attached hydrogens (tertiary/aromatic N) is 1. The lowest BCUT2D eigenvalue weighted by Gasteiger charge is -2.39. The molecule has 0 amide bonds. The van der Waals surface area contributed by atoms with Gasteiger partial charge in [0, 0.05) is 38.8 Å². The van der Waals surface area contributed by atoms with Gasteiger partial charge in [-0.05, 0) is 116 Å². The number of ether oxygens (including phenoxy) is 1. The second-order valence-electron chi connectivity index (χ2n) is 18.3. The van der Waals surface area contributed by atoms with Crippen LogP contribution in [0.25, 0.3) is 77.6 Å². The van der Waals surface area contributed by atoms with E-state index in [1.165, 1.54) is 44.5 Å². The van der Waals surface area contributed by atoms with E-state index in [9.17, 15) is 0 Å². The number of benzene rings is 11. The van der Waals surface area contributed by atoms with Gasteiger partial charge in [-0.15, -0.1) is 0 Å². The third kappa shape index (κ3) is 6.01. The molecule has 0 saturated carbocycles. The van der Waals surface area contributed by atoms with Gasteiger partial charge in [-0.2, -0.15) is 0 Å². The summed E-state index contributed by atoms with van der Waals surface area (Å²) >= 11 is 0. The zero-order valence-electron chi connectivity index (χ0n) is 38.1. The van der Waals surface area contributed by atoms with Crippen LogP contribution in [0.5, 0.6) is 11.5 Å². The number of fused-ring (bicyclic) bond motifs is 12. The van der Waals surface area contributed by atoms with Gasteiger partial charge in [-0.25, -0.2) is 0 Å². The third-order valence-electron chi connectivity index (χ3n) is 14.6. The Kier molecular flexibility index (Phi) is 9.11. The Labute approximate surface area is 406 Å². The van der Waals surface area contributed by atoms with Crippen LogP contribution < -0.4 is 9.64 Å². The van der Waals surface area contributed by atoms with Crippen molar-refractivity contribution in [1.82, 2.24) is 0 Å². The van der Waals surface area contributed by atoms with Crippen LogP contribution in [0.3, 0.4) is 0 Å². The number of para-hydroxylation sites is 4. The lowest BCUT2D eigenvalue weighted by Crippen LogP contribution is -2.32. The summed E-state index contributed by atoms with van der Waals surface area (Å²) in [6.45, 7) is 0. The first kappa shape index (κ1) is 39.9. The van der Waals surface area contributed by atoms with Gasteiger partial charge >= 0.3 is 0 Å². The average molecular weight is 894 g/mol. The van der Waals surface area contributed by atoms with Crippen LogP contribution in [0.15, 0.2) is 265 Å². The number of furan rings is 1. The van der Waals surface area contributed by atoms with E-state index < -0.39 is 5.41 Å². The summed E-state index contributed by atoms with van der Waals surface area (Å²) in [5.74, 6) is 1.75. The second-order valence-corrected chi connectivity index (χ2v) is 18.3. The van der Waals surface area contributed by atoms with Gasteiger partial charge in [-0.1, -0.05) is 206 Å². The minimum absolute atomic E-state index is 0.633. The van der Waals surface area contributed by atoms with E-state index in [1.807, 2.05) is 6.07 Å². The highest BCUT2D eigenvalue weighted by Gasteiger charge is 2.51. The van der Waals surface area contributed by atoms with Gasteiger partial charge in [0.15, 0.2) is 0 Å². The summed E-state index contributed by atoms with van der Waals surface area (Å²) in [6.07, 6.45) is 0. The predicted octanol–water partition coefficient (Wildman–Crippen LogP) is 18.2. The molecule has 3 nitrogen and oxygen atoms in total. The Morgan fingerprint density at radius 1 is 0.300 bits per heavy atom. The predicted molar refractivity (Wildman–Crippen MR) is 288 cm³/mol. The van der Waals surface area contributed by atoms with Crippen LogP contribution in [-0.4, -0.2) is 0 Å². The van der Waals surface area contributed by atoms with Crippen molar-refractivity contribution in [3.63, 3.8) is 0 Å². The van der Waals surface area contributed by atoms with Crippen molar-refractivity contribution in [3.05, 3.63) is 283 Å². The van der Waals surface area contributed by atoms with Crippen LogP contribution in [0.1, 0.15) is 22.3 Å². The molecule has 0 fully saturated rings. The summed E-state index contributed by atoms with van der Waals surface area (Å²) < 4.78 is 13.2. The molecule has 0 atom stereocenters. The molecule has 2 aliphatic rings. The molecule has 328 valence electrons. The molecule has 1 spiro atoms. The first-order valence-corrected chi connectivity index (χ1v) is 24.0. The Balaban J connectivity index is 1.03. The molecule has 2 heterocycles. The van der Waals surface area contributed by atoms with E-state index >= 15 is 0 Å². The number of anilines is 3. The molecule has 1 aliphatic heterocycles. The van der Waals surface area contributed by atoms with E-state index in [1.54, 1.807) is 0 Å². The third-order valence-corrected chi connectivity index (χ3v) is 14.6. The SMILES string of the molecule is c1ccc(-c2ccccc2-c2ccccc2-c2ccccc2N(c2cccc(-c3cccc4oc5ccccc5c34)c2)c2ccc3c(c2)C2(c4ccccc4Oc4ccccc42)c2ccccc2-3)cc1. The fourth-order valence-electron chi connectivity index (χ4n) is 11.7. The minimum atomic E-state index is -0.633. The van der Waals surface area contributed by atoms with E-state index in [4.69, 9.17) is 9.15 Å². The summed E-state index contributed by atoms with van der Waals surface area (Å²) in [7, 11) is 0. The van der Waals surface area contributed by atoms with Crippen molar-refractivity contribution in [2.75, 3.05) is 4.90 Å². The van der Waals surface area contributed by atoms with Gasteiger partial charge in [0.2, 0.25) is 0 Å². The maximum absolute atomic E-state index is 6.75. The lowest BCUT2D eigenvalue weighted by molar-refractivity contribution is 0.436. The first-order chi connectivity index (χ1) is 34.7. The lowest BCUT2D eigenvalue weighted by atomic mass is 9.66. The molecule has 0 saturated heterocycles. The number of hydrogen-bond donors (Lipinski definition) is 0. The summed E-state index contributed by atoms with van der Waals surface area (Å²) in [6, 6.07) is 94.3. The van der Waals surface area contributed by atoms with Gasteiger partial charge in [-0.3, -0.25) is 0 Å². The molecule has 3 heteroatoms. The van der Waals surface area contributed by atoms with Crippen molar-refractivity contribution in [2.24, 2.45) is 0 Å². The molecule has 0 bridgehead atoms. The Morgan fingerprint density at radius 3 is 1.59 bits per heavy atom. The van der Waals surface area contributed by atoms with Gasteiger partial charge in [0.1, 0.15) is 22.7 Å². The maximum Gasteiger partial charge on any atom is 0.136 e. The van der Waals surface area contributed by atoms with E-state index in [2.05, 4.69) is 260 Å². The molecular weight excluding hydrogens is 851 g/mol. The molecular formula is C67H43NO2. The summed E-state index contributed by atoms with van der Waals surface area (Å²) in [4.78, 5) is 2.47. The minimum Gasteiger partial charge on any atom is -0.457 e. The molecule has 11 aromatic carbocycles. The van der Waals surface area contributed by atoms with Crippen molar-refractivity contribution < 1.29 is 9.15 Å². The van der Waals surface area contributed by atoms with Crippen molar-refractivity contribution in [1.29, 1.82) is 0 Å². The highest BCUT2D eigenvalue weighted by Crippen LogP contribution is 2.63. The Morgan fingerprint density at radius 2 is 0.814 bits per heavy atom. The highest BCUT2D eigenvalue weighted by atomic mass is 16.5. The molecule has 0 radical (unpaired) electrons. The zero-order chi connectivity index (χ0) is 46.2. The zero-order valence-corrected chi connectivity index (χ0v) is 38.1. The Hall–Kier alpha value is -9.18. The van der Waals surface area contributed by atoms with Crippen molar-refractivity contribution >= 4 is 39.0 Å². The molecule has 0 N–H and O–H groups in total. The van der Waals surface area contributed by atoms with Crippen molar-refractivity contribution in [2.45, 2.75) is 5.41 Å². The fourth-order valence-corrected chi connectivity index (χ4v) is 11.7. The van der Waals surface area contributed by atoms with Crippen LogP contribution in [0, 0.1) is 0 Å². The fraction of sp³-hybridized carbons (Fsp3) is 0.0149. The normalized spacial score (nSPS) is 12.8. The summed E-state index contributed by atoms with van der Waals surface area (Å²) in [5, 5.41) is 2.22. The topological polar surface area (TPSA) is 25.6 Å². The molecule has 70 heavy (non-hydrogen) atoms. The summed E-state index contributed by atoms with van der Waals surface area (Å²) in [5.41, 5.74) is 20.7. The first-order valence-electron chi connectivity index (χ1n) is 24.0. The van der Waals surface area contributed by atoms with Crippen molar-refractivity contribution in [3.8, 4) is 67.1 Å². The maximum atomic E-state index is 6.75. The average Bonchev–Trinajstić information content (AvgIpc) is 3.95. The number of hydrogen-bond acceptors (Lipinski definition) is 3. The van der Waals surface area contributed by atoms with Crippen LogP contribution in [-0.2, 0) is 5.41 Å². The van der Waals surface area contributed by atoms with Crippen LogP contribution in [0.2, 0.25) is 0 Å². The van der Waals surface area contributed by atoms with E-state index in [0.29, 0.717) is 0 Å². The van der Waals surface area contributed by atoms with Crippen LogP contribution >= 0.6 is 0 Å². The molecule has 14 rings (SSSR count). The van der Waals surface area contributed by atoms with Gasteiger partial charge in [0.05, 0.1) is 11.1 Å². The van der Waals surface area contributed by atoms with Gasteiger partial charge < -0.3 is 14.1 Å². The quantitative estimate of drug-likeness (QED) is 0.159. The monoisotopic (exact) mass is 893 g/mol. The standard InChI is InChI=1S/C67H43NO2/c1-2-20-44(21-3-1)48-24-4-5-25-50(48)51-26-6-7-27-52(51)55-29-9-14-35-61(55)68(46-23-18-22-45(42-46)49-31-19-39-65-66(49)56-30-10-15-36-62(56)69-65)47-40-41-54-53-28-8-11-32-57(53)67(60(54)43-47)58-33-12-16-37-63(58)70-64-38-17-13-34-59(64)67/h1-43H. The molecule has 1 aliphatic carbocycles. The van der Waals surface area contributed by atoms with Crippen LogP contribution in [0.4, 0.5) is 17.1 Å². The van der Waals surface area contributed by atoms with Gasteiger partial charge in [0.25, 0.3) is 0 Å².